The third kappa shape index (κ3) is 2.16. The van der Waals surface area contributed by atoms with Crippen LogP contribution in [-0.2, 0) is 9.84 Å². The van der Waals surface area contributed by atoms with Crippen LogP contribution in [0.4, 0.5) is 0 Å². The maximum Gasteiger partial charge on any atom is 0.165 e. The minimum absolute atomic E-state index is 0.351. The smallest absolute Gasteiger partial charge is 0.165 e. The van der Waals surface area contributed by atoms with Crippen molar-refractivity contribution < 1.29 is 13.5 Å². The zero-order valence-electron chi connectivity index (χ0n) is 6.83. The topological polar surface area (TPSA) is 54.4 Å². The van der Waals surface area contributed by atoms with Crippen molar-refractivity contribution in [1.29, 1.82) is 0 Å². The van der Waals surface area contributed by atoms with Crippen molar-refractivity contribution in [1.82, 2.24) is 0 Å². The molecule has 68 valence electrons. The van der Waals surface area contributed by atoms with Crippen molar-refractivity contribution >= 4 is 25.8 Å². The Bertz CT molecular complexity index is 222. The van der Waals surface area contributed by atoms with Gasteiger partial charge >= 0.3 is 0 Å². The lowest BCUT2D eigenvalue weighted by Gasteiger charge is -2.26. The van der Waals surface area contributed by atoms with Gasteiger partial charge in [-0.3, -0.25) is 0 Å². The highest BCUT2D eigenvalue weighted by Gasteiger charge is 2.40. The van der Waals surface area contributed by atoms with Crippen molar-refractivity contribution in [3.8, 4) is 0 Å². The summed E-state index contributed by atoms with van der Waals surface area (Å²) in [4.78, 5) is 0. The van der Waals surface area contributed by atoms with Gasteiger partial charge in [-0.2, -0.15) is 0 Å². The summed E-state index contributed by atoms with van der Waals surface area (Å²) in [5.41, 5.74) is 0. The van der Waals surface area contributed by atoms with Crippen LogP contribution in [0.3, 0.4) is 0 Å². The van der Waals surface area contributed by atoms with Crippen LogP contribution < -0.4 is 0 Å². The van der Waals surface area contributed by atoms with Gasteiger partial charge in [0.1, 0.15) is 0 Å². The van der Waals surface area contributed by atoms with Gasteiger partial charge in [-0.05, 0) is 13.3 Å². The summed E-state index contributed by atoms with van der Waals surface area (Å²) in [6.07, 6.45) is 0.559. The summed E-state index contributed by atoms with van der Waals surface area (Å²) in [6.45, 7) is 3.17. The fourth-order valence-corrected chi connectivity index (χ4v) is 2.01. The van der Waals surface area contributed by atoms with E-state index in [9.17, 15) is 13.5 Å². The molecule has 0 rings (SSSR count). The summed E-state index contributed by atoms with van der Waals surface area (Å²) in [5.74, 6) is 0. The van der Waals surface area contributed by atoms with E-state index in [-0.39, 0.29) is 0 Å². The molecule has 3 nitrogen and oxygen atoms in total. The predicted octanol–water partition coefficient (Wildman–Crippen LogP) is 0.913. The molecule has 0 unspecified atom stereocenters. The highest BCUT2D eigenvalue weighted by atomic mass is 79.9. The molecule has 2 atom stereocenters. The first-order valence-electron chi connectivity index (χ1n) is 3.32. The molecule has 0 spiro atoms. The fourth-order valence-electron chi connectivity index (χ4n) is 0.867. The zero-order chi connectivity index (χ0) is 9.28. The molecule has 0 bridgehead atoms. The molecule has 1 N–H and O–H groups in total. The summed E-state index contributed by atoms with van der Waals surface area (Å²) in [7, 11) is -3.25. The molecule has 0 radical (unpaired) electrons. The van der Waals surface area contributed by atoms with Crippen molar-refractivity contribution in [2.45, 2.75) is 30.0 Å². The van der Waals surface area contributed by atoms with Crippen molar-refractivity contribution in [2.75, 3.05) is 6.26 Å². The maximum atomic E-state index is 11.1. The van der Waals surface area contributed by atoms with E-state index < -0.39 is 19.6 Å². The average molecular weight is 245 g/mol. The van der Waals surface area contributed by atoms with Crippen LogP contribution in [-0.4, -0.2) is 29.5 Å². The molecule has 0 aromatic heterocycles. The Kier molecular flexibility index (Phi) is 3.53. The molecule has 0 aliphatic rings. The summed E-state index contributed by atoms with van der Waals surface area (Å²) < 4.78 is 21.1. The summed E-state index contributed by atoms with van der Waals surface area (Å²) >= 11 is 3.03. The Balaban J connectivity index is 4.92. The van der Waals surface area contributed by atoms with Gasteiger partial charge in [-0.15, -0.1) is 0 Å². The molecule has 0 aromatic rings. The Labute approximate surface area is 75.9 Å². The third-order valence-corrected chi connectivity index (χ3v) is 6.57. The minimum atomic E-state index is -3.25. The van der Waals surface area contributed by atoms with Crippen LogP contribution in [0.15, 0.2) is 0 Å². The lowest BCUT2D eigenvalue weighted by atomic mass is 10.2. The molecule has 0 heterocycles. The van der Waals surface area contributed by atoms with Gasteiger partial charge in [0.05, 0.1) is 6.10 Å². The maximum absolute atomic E-state index is 11.1. The molecule has 0 saturated heterocycles. The molecule has 0 amide bonds. The van der Waals surface area contributed by atoms with Crippen molar-refractivity contribution in [3.63, 3.8) is 0 Å². The summed E-state index contributed by atoms with van der Waals surface area (Å²) in [6, 6.07) is 0. The number of aliphatic hydroxyl groups is 1. The highest BCUT2D eigenvalue weighted by molar-refractivity contribution is 9.11. The van der Waals surface area contributed by atoms with Crippen molar-refractivity contribution in [2.24, 2.45) is 0 Å². The second kappa shape index (κ2) is 3.41. The SMILES string of the molecule is CC[C@@](Br)([C@@H](C)O)S(C)(=O)=O. The van der Waals surface area contributed by atoms with Gasteiger partial charge in [0, 0.05) is 6.26 Å². The molecule has 0 saturated carbocycles. The van der Waals surface area contributed by atoms with Crippen LogP contribution in [0.25, 0.3) is 0 Å². The van der Waals surface area contributed by atoms with Crippen LogP contribution in [0, 0.1) is 0 Å². The normalized spacial score (nSPS) is 20.8. The van der Waals surface area contributed by atoms with E-state index in [2.05, 4.69) is 15.9 Å². The average Bonchev–Trinajstić information content (AvgIpc) is 1.83. The molecule has 11 heavy (non-hydrogen) atoms. The standard InChI is InChI=1S/C6H13BrO3S/c1-4-6(7,5(2)8)11(3,9)10/h5,8H,4H2,1-3H3/t5-,6+/m1/s1. The molecular weight excluding hydrogens is 232 g/mol. The molecule has 0 aliphatic heterocycles. The monoisotopic (exact) mass is 244 g/mol. The van der Waals surface area contributed by atoms with Crippen LogP contribution in [0.1, 0.15) is 20.3 Å². The molecular formula is C6H13BrO3S. The Hall–Kier alpha value is 0.390. The number of alkyl halides is 1. The Morgan fingerprint density at radius 2 is 2.00 bits per heavy atom. The molecule has 0 fully saturated rings. The van der Waals surface area contributed by atoms with Crippen LogP contribution in [0.5, 0.6) is 0 Å². The second-order valence-electron chi connectivity index (χ2n) is 2.59. The zero-order valence-corrected chi connectivity index (χ0v) is 9.24. The second-order valence-corrected chi connectivity index (χ2v) is 6.80. The first kappa shape index (κ1) is 11.4. The predicted molar refractivity (Wildman–Crippen MR) is 48.5 cm³/mol. The first-order valence-corrected chi connectivity index (χ1v) is 6.00. The largest absolute Gasteiger partial charge is 0.391 e. The number of aliphatic hydroxyl groups excluding tert-OH is 1. The third-order valence-electron chi connectivity index (χ3n) is 1.72. The lowest BCUT2D eigenvalue weighted by molar-refractivity contribution is 0.177. The number of rotatable bonds is 3. The minimum Gasteiger partial charge on any atom is -0.391 e. The van der Waals surface area contributed by atoms with Gasteiger partial charge < -0.3 is 5.11 Å². The van der Waals surface area contributed by atoms with Gasteiger partial charge in [-0.25, -0.2) is 8.42 Å². The molecule has 0 aromatic carbocycles. The number of halogens is 1. The van der Waals surface area contributed by atoms with E-state index in [1.54, 1.807) is 6.92 Å². The quantitative estimate of drug-likeness (QED) is 0.752. The van der Waals surface area contributed by atoms with E-state index in [0.29, 0.717) is 6.42 Å². The van der Waals surface area contributed by atoms with Gasteiger partial charge in [0.25, 0.3) is 0 Å². The summed E-state index contributed by atoms with van der Waals surface area (Å²) in [5, 5.41) is 9.18. The van der Waals surface area contributed by atoms with E-state index in [1.165, 1.54) is 6.92 Å². The molecule has 5 heteroatoms. The van der Waals surface area contributed by atoms with Gasteiger partial charge in [0.15, 0.2) is 13.5 Å². The number of hydrogen-bond acceptors (Lipinski definition) is 3. The Morgan fingerprint density at radius 1 is 1.64 bits per heavy atom. The molecule has 0 aliphatic carbocycles. The number of sulfone groups is 1. The van der Waals surface area contributed by atoms with E-state index in [1.807, 2.05) is 0 Å². The van der Waals surface area contributed by atoms with E-state index in [0.717, 1.165) is 6.26 Å². The lowest BCUT2D eigenvalue weighted by Crippen LogP contribution is -2.40. The van der Waals surface area contributed by atoms with Gasteiger partial charge in [-0.1, -0.05) is 22.9 Å². The van der Waals surface area contributed by atoms with E-state index >= 15 is 0 Å². The first-order chi connectivity index (χ1) is 4.75. The van der Waals surface area contributed by atoms with E-state index in [4.69, 9.17) is 0 Å². The fraction of sp³-hybridized carbons (Fsp3) is 1.00. The van der Waals surface area contributed by atoms with Crippen LogP contribution in [0.2, 0.25) is 0 Å². The van der Waals surface area contributed by atoms with Gasteiger partial charge in [0.2, 0.25) is 0 Å². The number of hydrogen-bond donors (Lipinski definition) is 1. The van der Waals surface area contributed by atoms with Crippen LogP contribution >= 0.6 is 15.9 Å². The highest BCUT2D eigenvalue weighted by Crippen LogP contribution is 2.32. The Morgan fingerprint density at radius 3 is 2.00 bits per heavy atom. The van der Waals surface area contributed by atoms with Crippen molar-refractivity contribution in [3.05, 3.63) is 0 Å².